The zero-order chi connectivity index (χ0) is 30.0. The average Bonchev–Trinajstić information content (AvgIpc) is 3.41. The van der Waals surface area contributed by atoms with Gasteiger partial charge >= 0.3 is 0 Å². The van der Waals surface area contributed by atoms with E-state index in [9.17, 15) is 23.2 Å². The maximum atomic E-state index is 15.9. The molecule has 3 amide bonds. The van der Waals surface area contributed by atoms with E-state index in [4.69, 9.17) is 33.7 Å². The Morgan fingerprint density at radius 1 is 1.12 bits per heavy atom. The summed E-state index contributed by atoms with van der Waals surface area (Å²) in [4.78, 5) is 39.9. The number of hydrogen-bond acceptors (Lipinski definition) is 5. The first-order valence-corrected chi connectivity index (χ1v) is 14.4. The number of benzene rings is 2. The molecule has 2 spiro atoms. The van der Waals surface area contributed by atoms with E-state index in [2.05, 4.69) is 16.0 Å². The van der Waals surface area contributed by atoms with E-state index in [0.29, 0.717) is 29.1 Å². The van der Waals surface area contributed by atoms with Gasteiger partial charge in [0.2, 0.25) is 17.7 Å². The molecule has 42 heavy (non-hydrogen) atoms. The largest absolute Gasteiger partial charge is 0.367 e. The van der Waals surface area contributed by atoms with Crippen LogP contribution in [0.25, 0.3) is 0 Å². The molecule has 13 heteroatoms. The number of ether oxygens (including phenoxy) is 1. The van der Waals surface area contributed by atoms with Crippen LogP contribution >= 0.6 is 23.2 Å². The summed E-state index contributed by atoms with van der Waals surface area (Å²) < 4.78 is 49.9. The summed E-state index contributed by atoms with van der Waals surface area (Å²) in [7, 11) is 0. The first-order chi connectivity index (χ1) is 20.0. The summed E-state index contributed by atoms with van der Waals surface area (Å²) in [6, 6.07) is 7.42. The highest BCUT2D eigenvalue weighted by molar-refractivity contribution is 6.31. The monoisotopic (exact) mass is 624 g/mol. The molecule has 2 aromatic carbocycles. The van der Waals surface area contributed by atoms with Gasteiger partial charge in [0.1, 0.15) is 17.3 Å². The second-order valence-electron chi connectivity index (χ2n) is 11.9. The third-order valence-corrected chi connectivity index (χ3v) is 9.99. The molecule has 6 rings (SSSR count). The van der Waals surface area contributed by atoms with Crippen LogP contribution in [0.4, 0.5) is 18.9 Å². The van der Waals surface area contributed by atoms with E-state index in [-0.39, 0.29) is 30.0 Å². The molecule has 5 atom stereocenters. The minimum absolute atomic E-state index is 0.0108. The van der Waals surface area contributed by atoms with Crippen molar-refractivity contribution in [2.45, 2.75) is 60.7 Å². The Kier molecular flexibility index (Phi) is 7.23. The zero-order valence-electron chi connectivity index (χ0n) is 22.3. The number of hydrogen-bond donors (Lipinski definition) is 4. The number of nitrogens with one attached hydrogen (secondary N) is 3. The molecule has 8 nitrogen and oxygen atoms in total. The second kappa shape index (κ2) is 10.4. The molecule has 5 N–H and O–H groups in total. The van der Waals surface area contributed by atoms with Crippen LogP contribution in [-0.4, -0.2) is 61.4 Å². The van der Waals surface area contributed by atoms with Crippen molar-refractivity contribution < 1.29 is 32.3 Å². The van der Waals surface area contributed by atoms with Gasteiger partial charge in [0, 0.05) is 27.6 Å². The molecule has 2 aromatic rings. The lowest BCUT2D eigenvalue weighted by Gasteiger charge is -2.59. The number of primary amides is 1. The van der Waals surface area contributed by atoms with Gasteiger partial charge in [-0.2, -0.15) is 0 Å². The Labute approximate surface area is 249 Å². The van der Waals surface area contributed by atoms with Crippen molar-refractivity contribution in [1.29, 1.82) is 0 Å². The lowest BCUT2D eigenvalue weighted by Crippen LogP contribution is -2.70. The molecular formula is C29H29Cl2F3N4O4. The van der Waals surface area contributed by atoms with Crippen molar-refractivity contribution >= 4 is 46.6 Å². The highest BCUT2D eigenvalue weighted by atomic mass is 35.5. The molecule has 224 valence electrons. The van der Waals surface area contributed by atoms with Crippen molar-refractivity contribution in [1.82, 2.24) is 10.6 Å². The third kappa shape index (κ3) is 4.15. The predicted molar refractivity (Wildman–Crippen MR) is 149 cm³/mol. The van der Waals surface area contributed by atoms with Gasteiger partial charge in [0.15, 0.2) is 0 Å². The standard InChI is InChI=1S/C29H29Cl2F3N4O4/c30-14-4-6-17-19(8-14)37-26(41)29(17)21(16-2-1-3-18(31)22(16)34)23(38-28(29)10-27(11-28,12-32)13-33)25(40)36-15-5-7-20(24(35)39)42-9-15/h1-4,6,8,15,20-21,23,38H,5,7,9-13H2,(H2,35,39)(H,36,40)(H,37,41)/t15-,20+,21+,23-,29-/m1/s1. The van der Waals surface area contributed by atoms with E-state index in [1.165, 1.54) is 18.2 Å². The maximum Gasteiger partial charge on any atom is 0.246 e. The fraction of sp³-hybridized carbons (Fsp3) is 0.483. The predicted octanol–water partition coefficient (Wildman–Crippen LogP) is 3.69. The van der Waals surface area contributed by atoms with Crippen LogP contribution < -0.4 is 21.7 Å². The summed E-state index contributed by atoms with van der Waals surface area (Å²) >= 11 is 12.5. The Balaban J connectivity index is 1.49. The average molecular weight is 625 g/mol. The molecule has 3 fully saturated rings. The Morgan fingerprint density at radius 3 is 2.50 bits per heavy atom. The Bertz CT molecular complexity index is 1460. The summed E-state index contributed by atoms with van der Waals surface area (Å²) in [6.07, 6.45) is -0.300. The number of rotatable bonds is 6. The summed E-state index contributed by atoms with van der Waals surface area (Å²) in [6.45, 7) is -1.91. The zero-order valence-corrected chi connectivity index (χ0v) is 23.8. The quantitative estimate of drug-likeness (QED) is 0.390. The van der Waals surface area contributed by atoms with E-state index >= 15 is 4.39 Å². The normalized spacial score (nSPS) is 30.5. The SMILES string of the molecule is NC(=O)[C@@H]1CC[C@@H](NC(=O)[C@@H]2NC3(CC(CF)(CF)C3)[C@@]3(C(=O)Nc4cc(Cl)ccc43)[C@H]2c2cccc(Cl)c2F)CO1. The van der Waals surface area contributed by atoms with Crippen molar-refractivity contribution in [3.8, 4) is 0 Å². The molecule has 3 heterocycles. The van der Waals surface area contributed by atoms with E-state index in [1.807, 2.05) is 0 Å². The molecule has 2 saturated heterocycles. The fourth-order valence-electron chi connectivity index (χ4n) is 7.74. The first kappa shape index (κ1) is 29.2. The van der Waals surface area contributed by atoms with Crippen molar-refractivity contribution in [2.75, 3.05) is 25.3 Å². The van der Waals surface area contributed by atoms with Gasteiger partial charge in [0.25, 0.3) is 0 Å². The smallest absolute Gasteiger partial charge is 0.246 e. The molecule has 0 bridgehead atoms. The topological polar surface area (TPSA) is 123 Å². The second-order valence-corrected chi connectivity index (χ2v) is 12.7. The minimum Gasteiger partial charge on any atom is -0.367 e. The fourth-order valence-corrected chi connectivity index (χ4v) is 8.09. The molecule has 4 aliphatic rings. The molecular weight excluding hydrogens is 596 g/mol. The van der Waals surface area contributed by atoms with Crippen LogP contribution in [0.3, 0.4) is 0 Å². The summed E-state index contributed by atoms with van der Waals surface area (Å²) in [5.74, 6) is -3.67. The van der Waals surface area contributed by atoms with Crippen molar-refractivity contribution in [3.05, 3.63) is 63.4 Å². The lowest BCUT2D eigenvalue weighted by atomic mass is 9.46. The number of anilines is 1. The Hall–Kier alpha value is -2.86. The molecule has 3 aliphatic heterocycles. The van der Waals surface area contributed by atoms with Crippen molar-refractivity contribution in [2.24, 2.45) is 11.1 Å². The lowest BCUT2D eigenvalue weighted by molar-refractivity contribution is -0.134. The molecule has 0 aromatic heterocycles. The Morgan fingerprint density at radius 2 is 1.86 bits per heavy atom. The molecule has 1 saturated carbocycles. The minimum atomic E-state index is -1.64. The highest BCUT2D eigenvalue weighted by Gasteiger charge is 2.78. The van der Waals surface area contributed by atoms with Crippen LogP contribution in [0.5, 0.6) is 0 Å². The van der Waals surface area contributed by atoms with E-state index in [1.54, 1.807) is 18.2 Å². The van der Waals surface area contributed by atoms with E-state index < -0.39 is 77.4 Å². The number of fused-ring (bicyclic) bond motifs is 3. The summed E-state index contributed by atoms with van der Waals surface area (Å²) in [5, 5.41) is 9.19. The van der Waals surface area contributed by atoms with Crippen molar-refractivity contribution in [3.63, 3.8) is 0 Å². The van der Waals surface area contributed by atoms with Gasteiger partial charge in [0.05, 0.1) is 37.1 Å². The van der Waals surface area contributed by atoms with E-state index in [0.717, 1.165) is 0 Å². The molecule has 0 radical (unpaired) electrons. The van der Waals surface area contributed by atoms with Crippen LogP contribution in [0, 0.1) is 11.2 Å². The number of carbonyl (C=O) groups is 3. The van der Waals surface area contributed by atoms with Gasteiger partial charge in [-0.1, -0.05) is 41.4 Å². The number of carbonyl (C=O) groups excluding carboxylic acids is 3. The highest BCUT2D eigenvalue weighted by Crippen LogP contribution is 2.68. The van der Waals surface area contributed by atoms with Crippen LogP contribution in [0.15, 0.2) is 36.4 Å². The first-order valence-electron chi connectivity index (χ1n) is 13.7. The van der Waals surface area contributed by atoms with Crippen LogP contribution in [-0.2, 0) is 24.5 Å². The number of halogens is 5. The third-order valence-electron chi connectivity index (χ3n) is 9.46. The number of alkyl halides is 2. The van der Waals surface area contributed by atoms with Gasteiger partial charge < -0.3 is 21.1 Å². The molecule has 0 unspecified atom stereocenters. The number of amides is 3. The van der Waals surface area contributed by atoms with Gasteiger partial charge in [-0.25, -0.2) is 4.39 Å². The van der Waals surface area contributed by atoms with Crippen LogP contribution in [0.1, 0.15) is 42.7 Å². The maximum absolute atomic E-state index is 15.9. The summed E-state index contributed by atoms with van der Waals surface area (Å²) in [5.41, 5.74) is 1.85. The van der Waals surface area contributed by atoms with Crippen LogP contribution in [0.2, 0.25) is 10.0 Å². The van der Waals surface area contributed by atoms with Gasteiger partial charge in [-0.15, -0.1) is 0 Å². The van der Waals surface area contributed by atoms with Gasteiger partial charge in [-0.3, -0.25) is 28.5 Å². The van der Waals surface area contributed by atoms with Gasteiger partial charge in [-0.05, 0) is 55.0 Å². The molecule has 1 aliphatic carbocycles. The number of nitrogens with two attached hydrogens (primary N) is 1.